The van der Waals surface area contributed by atoms with Crippen LogP contribution in [0.3, 0.4) is 0 Å². The van der Waals surface area contributed by atoms with Crippen molar-refractivity contribution in [3.63, 3.8) is 0 Å². The van der Waals surface area contributed by atoms with Gasteiger partial charge < -0.3 is 15.5 Å². The van der Waals surface area contributed by atoms with E-state index < -0.39 is 18.1 Å². The first-order valence-corrected chi connectivity index (χ1v) is 9.25. The standard InChI is InChI=1S/C18H18N4O2.C2HF3O2/c1-22-16(11-4-5-11)9-14(21-22)10-20-15-8-13(18(23)24)7-12-3-2-6-19-17(12)15;3-2(4,5)1(6)7/h2-3,6-9,11,20H,4-5,10H2,1H3,(H,23,24);(H,6,7). The molecular weight excluding hydrogens is 417 g/mol. The number of fused-ring (bicyclic) bond motifs is 1. The first kappa shape index (κ1) is 22.1. The highest BCUT2D eigenvalue weighted by Crippen LogP contribution is 2.40. The minimum Gasteiger partial charge on any atom is -0.478 e. The van der Waals surface area contributed by atoms with Crippen molar-refractivity contribution in [3.8, 4) is 0 Å². The summed E-state index contributed by atoms with van der Waals surface area (Å²) in [4.78, 5) is 24.6. The maximum atomic E-state index is 11.3. The highest BCUT2D eigenvalue weighted by atomic mass is 19.4. The molecule has 4 rings (SSSR count). The Bertz CT molecular complexity index is 1120. The second-order valence-corrected chi connectivity index (χ2v) is 7.02. The third kappa shape index (κ3) is 5.50. The molecule has 1 fully saturated rings. The van der Waals surface area contributed by atoms with Crippen LogP contribution >= 0.6 is 0 Å². The molecule has 1 saturated carbocycles. The van der Waals surface area contributed by atoms with Gasteiger partial charge in [-0.3, -0.25) is 9.67 Å². The number of aryl methyl sites for hydroxylation is 1. The lowest BCUT2D eigenvalue weighted by Crippen LogP contribution is -2.21. The number of aliphatic carboxylic acids is 1. The average molecular weight is 436 g/mol. The van der Waals surface area contributed by atoms with Gasteiger partial charge in [0.15, 0.2) is 0 Å². The zero-order chi connectivity index (χ0) is 22.8. The lowest BCUT2D eigenvalue weighted by Gasteiger charge is -2.09. The van der Waals surface area contributed by atoms with Crippen LogP contribution in [0, 0.1) is 0 Å². The first-order chi connectivity index (χ1) is 14.6. The van der Waals surface area contributed by atoms with Crippen LogP contribution in [0.2, 0.25) is 0 Å². The summed E-state index contributed by atoms with van der Waals surface area (Å²) in [5.74, 6) is -3.06. The summed E-state index contributed by atoms with van der Waals surface area (Å²) in [6.45, 7) is 0.537. The largest absolute Gasteiger partial charge is 0.490 e. The zero-order valence-electron chi connectivity index (χ0n) is 16.3. The number of pyridine rings is 1. The van der Waals surface area contributed by atoms with Gasteiger partial charge in [-0.1, -0.05) is 6.07 Å². The number of benzene rings is 1. The van der Waals surface area contributed by atoms with Gasteiger partial charge in [-0.2, -0.15) is 18.3 Å². The van der Waals surface area contributed by atoms with Crippen molar-refractivity contribution in [1.29, 1.82) is 0 Å². The molecule has 0 bridgehead atoms. The molecule has 2 heterocycles. The Balaban J connectivity index is 0.000000339. The molecule has 0 aliphatic heterocycles. The summed E-state index contributed by atoms with van der Waals surface area (Å²) in [6.07, 6.45) is -0.900. The monoisotopic (exact) mass is 436 g/mol. The summed E-state index contributed by atoms with van der Waals surface area (Å²) in [7, 11) is 1.97. The van der Waals surface area contributed by atoms with E-state index in [2.05, 4.69) is 21.5 Å². The van der Waals surface area contributed by atoms with Gasteiger partial charge in [-0.05, 0) is 37.1 Å². The SMILES string of the molecule is Cn1nc(CNc2cc(C(=O)O)cc3cccnc23)cc1C1CC1.O=C(O)C(F)(F)F. The van der Waals surface area contributed by atoms with E-state index in [4.69, 9.17) is 9.90 Å². The molecule has 1 aliphatic carbocycles. The predicted molar refractivity (Wildman–Crippen MR) is 105 cm³/mol. The molecule has 164 valence electrons. The van der Waals surface area contributed by atoms with Crippen molar-refractivity contribution >= 4 is 28.5 Å². The van der Waals surface area contributed by atoms with E-state index in [0.717, 1.165) is 16.6 Å². The molecule has 0 radical (unpaired) electrons. The van der Waals surface area contributed by atoms with E-state index >= 15 is 0 Å². The molecule has 0 saturated heterocycles. The fraction of sp³-hybridized carbons (Fsp3) is 0.300. The van der Waals surface area contributed by atoms with E-state index in [1.807, 2.05) is 17.8 Å². The lowest BCUT2D eigenvalue weighted by atomic mass is 10.1. The Morgan fingerprint density at radius 3 is 2.48 bits per heavy atom. The molecule has 8 nitrogen and oxygen atoms in total. The molecular formula is C20H19F3N4O4. The highest BCUT2D eigenvalue weighted by molar-refractivity contribution is 5.99. The number of alkyl halides is 3. The highest BCUT2D eigenvalue weighted by Gasteiger charge is 2.38. The molecule has 0 unspecified atom stereocenters. The van der Waals surface area contributed by atoms with Crippen LogP contribution in [0.1, 0.15) is 40.5 Å². The second kappa shape index (κ2) is 8.62. The number of aromatic nitrogens is 3. The normalized spacial score (nSPS) is 13.4. The summed E-state index contributed by atoms with van der Waals surface area (Å²) >= 11 is 0. The number of halogens is 3. The van der Waals surface area contributed by atoms with Crippen LogP contribution in [0.4, 0.5) is 18.9 Å². The van der Waals surface area contributed by atoms with Crippen molar-refractivity contribution in [2.24, 2.45) is 7.05 Å². The van der Waals surface area contributed by atoms with Crippen LogP contribution < -0.4 is 5.32 Å². The van der Waals surface area contributed by atoms with Crippen LogP contribution in [0.15, 0.2) is 36.5 Å². The molecule has 1 aliphatic rings. The molecule has 31 heavy (non-hydrogen) atoms. The Kier molecular flexibility index (Phi) is 6.14. The van der Waals surface area contributed by atoms with E-state index in [0.29, 0.717) is 18.2 Å². The van der Waals surface area contributed by atoms with Crippen molar-refractivity contribution in [2.45, 2.75) is 31.5 Å². The summed E-state index contributed by atoms with van der Waals surface area (Å²) < 4.78 is 33.7. The van der Waals surface area contributed by atoms with E-state index in [-0.39, 0.29) is 5.56 Å². The molecule has 2 aromatic heterocycles. The number of nitrogens with zero attached hydrogens (tertiary/aromatic N) is 3. The van der Waals surface area contributed by atoms with E-state index in [9.17, 15) is 23.1 Å². The van der Waals surface area contributed by atoms with Crippen molar-refractivity contribution in [3.05, 3.63) is 53.5 Å². The number of hydrogen-bond donors (Lipinski definition) is 3. The molecule has 0 atom stereocenters. The van der Waals surface area contributed by atoms with Crippen molar-refractivity contribution in [1.82, 2.24) is 14.8 Å². The van der Waals surface area contributed by atoms with Crippen molar-refractivity contribution in [2.75, 3.05) is 5.32 Å². The topological polar surface area (TPSA) is 117 Å². The van der Waals surface area contributed by atoms with Gasteiger partial charge in [0.25, 0.3) is 0 Å². The smallest absolute Gasteiger partial charge is 0.478 e. The molecule has 0 amide bonds. The first-order valence-electron chi connectivity index (χ1n) is 9.25. The third-order valence-corrected chi connectivity index (χ3v) is 4.62. The number of carboxylic acids is 2. The van der Waals surface area contributed by atoms with Crippen LogP contribution in [-0.2, 0) is 18.4 Å². The predicted octanol–water partition coefficient (Wildman–Crippen LogP) is 3.79. The summed E-state index contributed by atoms with van der Waals surface area (Å²) in [6, 6.07) is 9.07. The number of rotatable bonds is 5. The molecule has 1 aromatic carbocycles. The number of carboxylic acid groups (broad SMARTS) is 2. The number of anilines is 1. The quantitative estimate of drug-likeness (QED) is 0.557. The Labute approximate surface area is 174 Å². The number of nitrogens with one attached hydrogen (secondary N) is 1. The van der Waals surface area contributed by atoms with Crippen LogP contribution in [-0.4, -0.2) is 43.1 Å². The van der Waals surface area contributed by atoms with Gasteiger partial charge in [-0.25, -0.2) is 9.59 Å². The Hall–Kier alpha value is -3.63. The maximum absolute atomic E-state index is 11.3. The van der Waals surface area contributed by atoms with Crippen LogP contribution in [0.5, 0.6) is 0 Å². The van der Waals surface area contributed by atoms with E-state index in [1.54, 1.807) is 24.4 Å². The average Bonchev–Trinajstić information content (AvgIpc) is 3.48. The molecule has 3 N–H and O–H groups in total. The van der Waals surface area contributed by atoms with Crippen LogP contribution in [0.25, 0.3) is 10.9 Å². The van der Waals surface area contributed by atoms with Gasteiger partial charge in [0.2, 0.25) is 0 Å². The minimum absolute atomic E-state index is 0.248. The van der Waals surface area contributed by atoms with Gasteiger partial charge in [-0.15, -0.1) is 0 Å². The lowest BCUT2D eigenvalue weighted by molar-refractivity contribution is -0.192. The van der Waals surface area contributed by atoms with Crippen molar-refractivity contribution < 1.29 is 33.0 Å². The Morgan fingerprint density at radius 2 is 1.90 bits per heavy atom. The molecule has 11 heteroatoms. The fourth-order valence-electron chi connectivity index (χ4n) is 3.03. The third-order valence-electron chi connectivity index (χ3n) is 4.62. The second-order valence-electron chi connectivity index (χ2n) is 7.02. The maximum Gasteiger partial charge on any atom is 0.490 e. The molecule has 0 spiro atoms. The number of aromatic carboxylic acids is 1. The van der Waals surface area contributed by atoms with E-state index in [1.165, 1.54) is 18.5 Å². The van der Waals surface area contributed by atoms with Gasteiger partial charge in [0, 0.05) is 30.2 Å². The number of hydrogen-bond acceptors (Lipinski definition) is 5. The van der Waals surface area contributed by atoms with Gasteiger partial charge >= 0.3 is 18.1 Å². The fourth-order valence-corrected chi connectivity index (χ4v) is 3.03. The van der Waals surface area contributed by atoms with Gasteiger partial charge in [0.1, 0.15) is 0 Å². The summed E-state index contributed by atoms with van der Waals surface area (Å²) in [5, 5.41) is 25.1. The summed E-state index contributed by atoms with van der Waals surface area (Å²) in [5.41, 5.74) is 3.95. The number of carbonyl (C=O) groups is 2. The Morgan fingerprint density at radius 1 is 1.23 bits per heavy atom. The molecule has 3 aromatic rings. The minimum atomic E-state index is -5.08. The van der Waals surface area contributed by atoms with Gasteiger partial charge in [0.05, 0.1) is 29.0 Å². The zero-order valence-corrected chi connectivity index (χ0v) is 16.3.